The standard InChI is InChI=1S/C23H25F3N2O4/c1-3-16-18-14(7-5-9-29)11-17(19-20(18)22(31)27(2)21(19)30)28(16)12-13-6-4-8-15(10-13)32-23(24,25)26/h3-4,6,8,10-11,16-20,29H,1,5,7,9,12H2,2H3. The lowest BCUT2D eigenvalue weighted by atomic mass is 9.62. The van der Waals surface area contributed by atoms with Gasteiger partial charge < -0.3 is 9.84 Å². The number of piperidine rings is 1. The van der Waals surface area contributed by atoms with E-state index in [1.54, 1.807) is 12.1 Å². The molecular weight excluding hydrogens is 425 g/mol. The summed E-state index contributed by atoms with van der Waals surface area (Å²) in [6.07, 6.45) is 0.114. The van der Waals surface area contributed by atoms with Gasteiger partial charge in [-0.05, 0) is 30.5 Å². The number of alkyl halides is 3. The van der Waals surface area contributed by atoms with Crippen molar-refractivity contribution < 1.29 is 32.6 Å². The summed E-state index contributed by atoms with van der Waals surface area (Å²) < 4.78 is 41.9. The highest BCUT2D eigenvalue weighted by Gasteiger charge is 2.62. The molecule has 5 atom stereocenters. The predicted octanol–water partition coefficient (Wildman–Crippen LogP) is 2.88. The number of amides is 2. The average Bonchev–Trinajstić information content (AvgIpc) is 2.97. The fraction of sp³-hybridized carbons (Fsp3) is 0.478. The van der Waals surface area contributed by atoms with Crippen LogP contribution in [0, 0.1) is 17.8 Å². The van der Waals surface area contributed by atoms with E-state index < -0.39 is 24.2 Å². The fourth-order valence-corrected chi connectivity index (χ4v) is 5.48. The van der Waals surface area contributed by atoms with Crippen molar-refractivity contribution >= 4 is 11.8 Å². The van der Waals surface area contributed by atoms with E-state index in [0.717, 1.165) is 5.57 Å². The third-order valence-corrected chi connectivity index (χ3v) is 6.68. The molecule has 6 nitrogen and oxygen atoms in total. The molecule has 1 aromatic rings. The van der Waals surface area contributed by atoms with Gasteiger partial charge in [0.25, 0.3) is 0 Å². The molecule has 0 radical (unpaired) electrons. The fourth-order valence-electron chi connectivity index (χ4n) is 5.48. The summed E-state index contributed by atoms with van der Waals surface area (Å²) in [4.78, 5) is 29.0. The Morgan fingerprint density at radius 3 is 2.56 bits per heavy atom. The number of carbonyl (C=O) groups is 2. The van der Waals surface area contributed by atoms with Crippen LogP contribution in [0.15, 0.2) is 48.6 Å². The summed E-state index contributed by atoms with van der Waals surface area (Å²) in [6.45, 7) is 4.24. The molecule has 1 aliphatic carbocycles. The molecule has 9 heteroatoms. The van der Waals surface area contributed by atoms with Gasteiger partial charge in [0.1, 0.15) is 5.75 Å². The predicted molar refractivity (Wildman–Crippen MR) is 109 cm³/mol. The SMILES string of the molecule is C=CC1C2C(CCCO)=CC(C3C(=O)N(C)C(=O)C32)N1Cc1cccc(OC(F)(F)F)c1. The molecule has 3 heterocycles. The highest BCUT2D eigenvalue weighted by molar-refractivity contribution is 6.06. The molecule has 1 N–H and O–H groups in total. The van der Waals surface area contributed by atoms with Crippen molar-refractivity contribution in [2.45, 2.75) is 37.8 Å². The quantitative estimate of drug-likeness (QED) is 0.511. The maximum Gasteiger partial charge on any atom is 0.573 e. The molecular formula is C23H25F3N2O4. The van der Waals surface area contributed by atoms with Crippen molar-refractivity contribution in [1.82, 2.24) is 9.80 Å². The Bertz CT molecular complexity index is 961. The van der Waals surface area contributed by atoms with Gasteiger partial charge in [-0.1, -0.05) is 29.9 Å². The number of imide groups is 1. The van der Waals surface area contributed by atoms with Gasteiger partial charge in [-0.15, -0.1) is 19.8 Å². The molecule has 0 spiro atoms. The maximum atomic E-state index is 12.9. The van der Waals surface area contributed by atoms with Crippen LogP contribution in [0.25, 0.3) is 0 Å². The molecule has 2 fully saturated rings. The number of likely N-dealkylation sites (tertiary alicyclic amines) is 1. The molecule has 2 saturated heterocycles. The molecule has 5 rings (SSSR count). The van der Waals surface area contributed by atoms with Crippen LogP contribution in [0.4, 0.5) is 13.2 Å². The Hall–Kier alpha value is -2.65. The molecule has 1 aromatic carbocycles. The number of rotatable bonds is 7. The van der Waals surface area contributed by atoms with Gasteiger partial charge in [0.05, 0.1) is 11.8 Å². The molecule has 0 aromatic heterocycles. The van der Waals surface area contributed by atoms with Gasteiger partial charge >= 0.3 is 6.36 Å². The highest BCUT2D eigenvalue weighted by Crippen LogP contribution is 2.52. The van der Waals surface area contributed by atoms with Crippen molar-refractivity contribution in [2.75, 3.05) is 13.7 Å². The topological polar surface area (TPSA) is 70.1 Å². The minimum atomic E-state index is -4.79. The van der Waals surface area contributed by atoms with Crippen LogP contribution in [0.1, 0.15) is 18.4 Å². The first-order chi connectivity index (χ1) is 15.2. The first-order valence-corrected chi connectivity index (χ1v) is 10.5. The third-order valence-electron chi connectivity index (χ3n) is 6.68. The van der Waals surface area contributed by atoms with Crippen LogP contribution in [0.5, 0.6) is 5.75 Å². The van der Waals surface area contributed by atoms with Crippen LogP contribution in [0.2, 0.25) is 0 Å². The second kappa shape index (κ2) is 8.37. The smallest absolute Gasteiger partial charge is 0.406 e. The minimum absolute atomic E-state index is 0.0179. The van der Waals surface area contributed by atoms with E-state index in [1.807, 2.05) is 11.0 Å². The molecule has 0 saturated carbocycles. The summed E-state index contributed by atoms with van der Waals surface area (Å²) in [6, 6.07) is 5.10. The largest absolute Gasteiger partial charge is 0.573 e. The van der Waals surface area contributed by atoms with Gasteiger partial charge in [-0.2, -0.15) is 0 Å². The van der Waals surface area contributed by atoms with E-state index in [-0.39, 0.29) is 42.7 Å². The van der Waals surface area contributed by atoms with Crippen LogP contribution >= 0.6 is 0 Å². The van der Waals surface area contributed by atoms with E-state index in [9.17, 15) is 27.9 Å². The summed E-state index contributed by atoms with van der Waals surface area (Å²) in [7, 11) is 1.49. The van der Waals surface area contributed by atoms with Gasteiger partial charge in [-0.3, -0.25) is 19.4 Å². The Labute approximate surface area is 183 Å². The molecule has 32 heavy (non-hydrogen) atoms. The lowest BCUT2D eigenvalue weighted by Gasteiger charge is -2.54. The third kappa shape index (κ3) is 3.84. The number of benzene rings is 1. The maximum absolute atomic E-state index is 12.9. The number of aliphatic hydroxyl groups is 1. The number of carbonyl (C=O) groups excluding carboxylic acids is 2. The van der Waals surface area contributed by atoms with Crippen LogP contribution in [-0.4, -0.2) is 58.8 Å². The number of ether oxygens (including phenoxy) is 1. The molecule has 172 valence electrons. The first kappa shape index (κ1) is 22.5. The summed E-state index contributed by atoms with van der Waals surface area (Å²) in [5.74, 6) is -2.07. The molecule has 2 amide bonds. The number of hydrogen-bond donors (Lipinski definition) is 1. The van der Waals surface area contributed by atoms with Crippen molar-refractivity contribution in [2.24, 2.45) is 17.8 Å². The summed E-state index contributed by atoms with van der Waals surface area (Å²) in [5, 5.41) is 9.29. The Kier molecular flexibility index (Phi) is 5.89. The number of nitrogens with zero attached hydrogens (tertiary/aromatic N) is 2. The van der Waals surface area contributed by atoms with Gasteiger partial charge in [-0.25, -0.2) is 0 Å². The second-order valence-electron chi connectivity index (χ2n) is 8.47. The highest BCUT2D eigenvalue weighted by atomic mass is 19.4. The lowest BCUT2D eigenvalue weighted by molar-refractivity contribution is -0.274. The van der Waals surface area contributed by atoms with Crippen molar-refractivity contribution in [3.8, 4) is 5.75 Å². The van der Waals surface area contributed by atoms with Crippen molar-refractivity contribution in [3.63, 3.8) is 0 Å². The summed E-state index contributed by atoms with van der Waals surface area (Å²) >= 11 is 0. The Morgan fingerprint density at radius 1 is 1.19 bits per heavy atom. The van der Waals surface area contributed by atoms with E-state index in [1.165, 1.54) is 30.1 Å². The lowest BCUT2D eigenvalue weighted by Crippen LogP contribution is -2.61. The minimum Gasteiger partial charge on any atom is -0.406 e. The Morgan fingerprint density at radius 2 is 1.91 bits per heavy atom. The number of hydrogen-bond acceptors (Lipinski definition) is 5. The van der Waals surface area contributed by atoms with Gasteiger partial charge in [0.2, 0.25) is 11.8 Å². The monoisotopic (exact) mass is 450 g/mol. The van der Waals surface area contributed by atoms with Crippen LogP contribution in [-0.2, 0) is 16.1 Å². The number of aliphatic hydroxyl groups excluding tert-OH is 1. The first-order valence-electron chi connectivity index (χ1n) is 10.5. The van der Waals surface area contributed by atoms with E-state index in [0.29, 0.717) is 18.4 Å². The zero-order chi connectivity index (χ0) is 23.2. The average molecular weight is 450 g/mol. The van der Waals surface area contributed by atoms with E-state index in [2.05, 4.69) is 11.3 Å². The molecule has 4 aliphatic rings. The zero-order valence-corrected chi connectivity index (χ0v) is 17.6. The van der Waals surface area contributed by atoms with Crippen molar-refractivity contribution in [3.05, 3.63) is 54.1 Å². The molecule has 2 bridgehead atoms. The van der Waals surface area contributed by atoms with E-state index in [4.69, 9.17) is 0 Å². The van der Waals surface area contributed by atoms with Crippen molar-refractivity contribution in [1.29, 1.82) is 0 Å². The Balaban J connectivity index is 1.69. The summed E-state index contributed by atoms with van der Waals surface area (Å²) in [5.41, 5.74) is 1.62. The van der Waals surface area contributed by atoms with Crippen LogP contribution < -0.4 is 4.74 Å². The number of fused-ring (bicyclic) bond motifs is 1. The zero-order valence-electron chi connectivity index (χ0n) is 17.6. The van der Waals surface area contributed by atoms with Crippen LogP contribution in [0.3, 0.4) is 0 Å². The normalized spacial score (nSPS) is 29.8. The second-order valence-corrected chi connectivity index (χ2v) is 8.47. The molecule has 3 aliphatic heterocycles. The number of halogens is 3. The van der Waals surface area contributed by atoms with Gasteiger partial charge in [0, 0.05) is 38.2 Å². The molecule has 5 unspecified atom stereocenters. The van der Waals surface area contributed by atoms with E-state index >= 15 is 0 Å². The van der Waals surface area contributed by atoms with Gasteiger partial charge in [0.15, 0.2) is 0 Å².